The van der Waals surface area contributed by atoms with Crippen molar-refractivity contribution in [3.05, 3.63) is 29.6 Å². The van der Waals surface area contributed by atoms with Crippen molar-refractivity contribution < 1.29 is 0 Å². The van der Waals surface area contributed by atoms with Gasteiger partial charge in [-0.2, -0.15) is 4.52 Å². The maximum Gasteiger partial charge on any atom is 0.195 e. The van der Waals surface area contributed by atoms with Crippen molar-refractivity contribution in [2.75, 3.05) is 18.0 Å². The van der Waals surface area contributed by atoms with Crippen LogP contribution in [0.25, 0.3) is 16.3 Å². The van der Waals surface area contributed by atoms with Gasteiger partial charge in [-0.15, -0.1) is 26.6 Å². The third kappa shape index (κ3) is 1.96. The number of fused-ring (bicyclic) bond motifs is 1. The molecule has 0 aliphatic carbocycles. The van der Waals surface area contributed by atoms with Crippen molar-refractivity contribution in [3.8, 4) is 10.7 Å². The van der Waals surface area contributed by atoms with Crippen molar-refractivity contribution in [3.63, 3.8) is 0 Å². The van der Waals surface area contributed by atoms with E-state index in [9.17, 15) is 0 Å². The van der Waals surface area contributed by atoms with E-state index in [0.29, 0.717) is 0 Å². The number of thiophene rings is 1. The van der Waals surface area contributed by atoms with Crippen LogP contribution in [0, 0.1) is 0 Å². The highest BCUT2D eigenvalue weighted by molar-refractivity contribution is 7.13. The lowest BCUT2D eigenvalue weighted by atomic mass is 10.1. The summed E-state index contributed by atoms with van der Waals surface area (Å²) in [7, 11) is 0. The molecule has 102 valence electrons. The van der Waals surface area contributed by atoms with Crippen molar-refractivity contribution in [1.82, 2.24) is 19.8 Å². The predicted molar refractivity (Wildman–Crippen MR) is 80.2 cm³/mol. The molecule has 1 aliphatic rings. The number of hydrogen-bond donors (Lipinski definition) is 0. The summed E-state index contributed by atoms with van der Waals surface area (Å²) < 4.78 is 1.86. The van der Waals surface area contributed by atoms with E-state index in [4.69, 9.17) is 5.10 Å². The molecular weight excluding hydrogens is 270 g/mol. The first kappa shape index (κ1) is 11.8. The molecule has 4 rings (SSSR count). The van der Waals surface area contributed by atoms with E-state index < -0.39 is 0 Å². The van der Waals surface area contributed by atoms with Gasteiger partial charge in [0.25, 0.3) is 0 Å². The van der Waals surface area contributed by atoms with Crippen LogP contribution in [0.3, 0.4) is 0 Å². The zero-order valence-corrected chi connectivity index (χ0v) is 11.9. The quantitative estimate of drug-likeness (QED) is 0.726. The summed E-state index contributed by atoms with van der Waals surface area (Å²) in [6.45, 7) is 2.18. The Morgan fingerprint density at radius 3 is 2.70 bits per heavy atom. The van der Waals surface area contributed by atoms with E-state index in [2.05, 4.69) is 21.2 Å². The number of aromatic nitrogens is 4. The van der Waals surface area contributed by atoms with Gasteiger partial charge in [0.15, 0.2) is 11.5 Å². The fourth-order valence-corrected chi connectivity index (χ4v) is 3.32. The van der Waals surface area contributed by atoms with Crippen LogP contribution >= 0.6 is 11.3 Å². The van der Waals surface area contributed by atoms with Crippen LogP contribution in [0.5, 0.6) is 0 Å². The molecule has 4 heterocycles. The first-order valence-corrected chi connectivity index (χ1v) is 7.81. The van der Waals surface area contributed by atoms with Crippen LogP contribution in [0.1, 0.15) is 19.3 Å². The van der Waals surface area contributed by atoms with Gasteiger partial charge in [0.1, 0.15) is 5.82 Å². The van der Waals surface area contributed by atoms with Crippen molar-refractivity contribution in [2.24, 2.45) is 0 Å². The zero-order valence-electron chi connectivity index (χ0n) is 11.1. The number of anilines is 1. The minimum Gasteiger partial charge on any atom is -0.355 e. The maximum atomic E-state index is 4.74. The van der Waals surface area contributed by atoms with Gasteiger partial charge < -0.3 is 4.90 Å². The van der Waals surface area contributed by atoms with Gasteiger partial charge in [0.05, 0.1) is 4.88 Å². The van der Waals surface area contributed by atoms with Gasteiger partial charge in [0, 0.05) is 13.1 Å². The normalized spacial score (nSPS) is 15.9. The molecule has 0 aromatic carbocycles. The molecule has 3 aromatic heterocycles. The Morgan fingerprint density at radius 2 is 1.90 bits per heavy atom. The van der Waals surface area contributed by atoms with Crippen molar-refractivity contribution >= 4 is 22.8 Å². The van der Waals surface area contributed by atoms with E-state index >= 15 is 0 Å². The van der Waals surface area contributed by atoms with E-state index in [-0.39, 0.29) is 0 Å². The van der Waals surface area contributed by atoms with Crippen LogP contribution in [0.4, 0.5) is 5.82 Å². The maximum absolute atomic E-state index is 4.74. The van der Waals surface area contributed by atoms with Gasteiger partial charge in [-0.05, 0) is 42.8 Å². The Bertz CT molecular complexity index is 712. The monoisotopic (exact) mass is 285 g/mol. The molecule has 5 nitrogen and oxygen atoms in total. The van der Waals surface area contributed by atoms with Gasteiger partial charge in [-0.25, -0.2) is 0 Å². The lowest BCUT2D eigenvalue weighted by molar-refractivity contribution is 0.570. The van der Waals surface area contributed by atoms with Gasteiger partial charge in [-0.1, -0.05) is 6.07 Å². The van der Waals surface area contributed by atoms with Gasteiger partial charge in [0.2, 0.25) is 0 Å². The summed E-state index contributed by atoms with van der Waals surface area (Å²) in [6, 6.07) is 8.13. The van der Waals surface area contributed by atoms with Crippen LogP contribution in [-0.4, -0.2) is 32.9 Å². The second kappa shape index (κ2) is 4.86. The number of piperidine rings is 1. The van der Waals surface area contributed by atoms with E-state index in [0.717, 1.165) is 35.3 Å². The lowest BCUT2D eigenvalue weighted by Crippen LogP contribution is -2.30. The molecule has 0 amide bonds. The van der Waals surface area contributed by atoms with Crippen molar-refractivity contribution in [1.29, 1.82) is 0 Å². The first-order chi connectivity index (χ1) is 9.92. The minimum atomic E-state index is 0.800. The summed E-state index contributed by atoms with van der Waals surface area (Å²) in [5.74, 6) is 1.85. The SMILES string of the molecule is c1csc(-c2nnc3ccc(N4CCCCC4)nn23)c1. The van der Waals surface area contributed by atoms with Crippen LogP contribution < -0.4 is 4.90 Å². The first-order valence-electron chi connectivity index (χ1n) is 6.93. The van der Waals surface area contributed by atoms with Gasteiger partial charge >= 0.3 is 0 Å². The summed E-state index contributed by atoms with van der Waals surface area (Å²) in [5, 5.41) is 15.3. The standard InChI is InChI=1S/C14H15N5S/c1-2-8-18(9-3-1)13-7-6-12-15-16-14(19(12)17-13)11-5-4-10-20-11/h4-7,10H,1-3,8-9H2. The molecule has 0 saturated carbocycles. The molecule has 0 N–H and O–H groups in total. The second-order valence-electron chi connectivity index (χ2n) is 5.01. The highest BCUT2D eigenvalue weighted by Gasteiger charge is 2.15. The predicted octanol–water partition coefficient (Wildman–Crippen LogP) is 2.84. The number of hydrogen-bond acceptors (Lipinski definition) is 5. The highest BCUT2D eigenvalue weighted by Crippen LogP contribution is 2.24. The summed E-state index contributed by atoms with van der Waals surface area (Å²) >= 11 is 1.66. The summed E-state index contributed by atoms with van der Waals surface area (Å²) in [6.07, 6.45) is 3.82. The molecule has 20 heavy (non-hydrogen) atoms. The molecule has 0 radical (unpaired) electrons. The summed E-state index contributed by atoms with van der Waals surface area (Å²) in [4.78, 5) is 3.45. The second-order valence-corrected chi connectivity index (χ2v) is 5.96. The van der Waals surface area contributed by atoms with Gasteiger partial charge in [-0.3, -0.25) is 0 Å². The lowest BCUT2D eigenvalue weighted by Gasteiger charge is -2.27. The molecule has 0 bridgehead atoms. The average Bonchev–Trinajstić information content (AvgIpc) is 3.16. The zero-order chi connectivity index (χ0) is 13.4. The molecule has 0 atom stereocenters. The molecule has 1 fully saturated rings. The smallest absolute Gasteiger partial charge is 0.195 e. The minimum absolute atomic E-state index is 0.800. The Hall–Kier alpha value is -1.95. The Balaban J connectivity index is 1.79. The highest BCUT2D eigenvalue weighted by atomic mass is 32.1. The molecular formula is C14H15N5S. The van der Waals surface area contributed by atoms with Crippen LogP contribution in [-0.2, 0) is 0 Å². The van der Waals surface area contributed by atoms with E-state index in [1.807, 2.05) is 28.1 Å². The third-order valence-electron chi connectivity index (χ3n) is 3.67. The van der Waals surface area contributed by atoms with Crippen LogP contribution in [0.2, 0.25) is 0 Å². The topological polar surface area (TPSA) is 46.3 Å². The molecule has 6 heteroatoms. The molecule has 1 saturated heterocycles. The number of nitrogens with zero attached hydrogens (tertiary/aromatic N) is 5. The van der Waals surface area contributed by atoms with E-state index in [1.54, 1.807) is 11.3 Å². The number of rotatable bonds is 2. The Morgan fingerprint density at radius 1 is 1.00 bits per heavy atom. The largest absolute Gasteiger partial charge is 0.355 e. The molecule has 0 spiro atoms. The summed E-state index contributed by atoms with van der Waals surface area (Å²) in [5.41, 5.74) is 0.800. The molecule has 3 aromatic rings. The third-order valence-corrected chi connectivity index (χ3v) is 4.54. The fourth-order valence-electron chi connectivity index (χ4n) is 2.63. The van der Waals surface area contributed by atoms with E-state index in [1.165, 1.54) is 19.3 Å². The Labute approximate surface area is 120 Å². The molecule has 0 unspecified atom stereocenters. The molecule has 1 aliphatic heterocycles. The van der Waals surface area contributed by atoms with Crippen LogP contribution in [0.15, 0.2) is 29.6 Å². The van der Waals surface area contributed by atoms with Crippen molar-refractivity contribution in [2.45, 2.75) is 19.3 Å². The Kier molecular flexibility index (Phi) is 2.88. The average molecular weight is 285 g/mol. The fraction of sp³-hybridized carbons (Fsp3) is 0.357.